The largest absolute Gasteiger partial charge is 0.489 e. The molecule has 0 spiro atoms. The lowest BCUT2D eigenvalue weighted by atomic mass is 9.81. The Morgan fingerprint density at radius 1 is 1.11 bits per heavy atom. The second-order valence-electron chi connectivity index (χ2n) is 10.5. The first-order valence-electron chi connectivity index (χ1n) is 12.1. The molecule has 0 radical (unpaired) electrons. The van der Waals surface area contributed by atoms with Gasteiger partial charge in [-0.15, -0.1) is 0 Å². The molecule has 1 aliphatic heterocycles. The lowest BCUT2D eigenvalue weighted by Gasteiger charge is -2.47. The van der Waals surface area contributed by atoms with Crippen molar-refractivity contribution in [3.05, 3.63) is 65.9 Å². The van der Waals surface area contributed by atoms with Crippen LogP contribution in [-0.2, 0) is 26.0 Å². The molecule has 2 amide bonds. The zero-order chi connectivity index (χ0) is 27.7. The van der Waals surface area contributed by atoms with Crippen LogP contribution in [0.5, 0.6) is 5.75 Å². The van der Waals surface area contributed by atoms with Crippen LogP contribution in [0.3, 0.4) is 0 Å². The van der Waals surface area contributed by atoms with Gasteiger partial charge in [-0.1, -0.05) is 18.2 Å². The van der Waals surface area contributed by atoms with Crippen LogP contribution in [0, 0.1) is 12.3 Å². The fraction of sp³-hybridized carbons (Fsp3) is 0.370. The number of hydroxylamine groups is 1. The normalized spacial score (nSPS) is 15.0. The van der Waals surface area contributed by atoms with Crippen LogP contribution in [0.2, 0.25) is 0 Å². The molecule has 1 saturated heterocycles. The van der Waals surface area contributed by atoms with E-state index in [2.05, 4.69) is 4.98 Å². The first-order valence-corrected chi connectivity index (χ1v) is 13.7. The molecule has 202 valence electrons. The molecule has 0 bridgehead atoms. The van der Waals surface area contributed by atoms with Gasteiger partial charge < -0.3 is 14.4 Å². The van der Waals surface area contributed by atoms with E-state index in [1.54, 1.807) is 38.4 Å². The zero-order valence-corrected chi connectivity index (χ0v) is 22.5. The highest BCUT2D eigenvalue weighted by atomic mass is 32.2. The van der Waals surface area contributed by atoms with Gasteiger partial charge in [-0.05, 0) is 64.1 Å². The highest BCUT2D eigenvalue weighted by Crippen LogP contribution is 2.35. The van der Waals surface area contributed by atoms with Crippen molar-refractivity contribution in [1.29, 1.82) is 0 Å². The molecule has 0 saturated carbocycles. The minimum Gasteiger partial charge on any atom is -0.489 e. The third kappa shape index (κ3) is 5.89. The Labute approximate surface area is 221 Å². The number of nitrogens with zero attached hydrogens (tertiary/aromatic N) is 2. The van der Waals surface area contributed by atoms with Crippen LogP contribution in [0.25, 0.3) is 10.9 Å². The van der Waals surface area contributed by atoms with Gasteiger partial charge >= 0.3 is 6.09 Å². The number of aromatic nitrogens is 1. The van der Waals surface area contributed by atoms with Crippen molar-refractivity contribution in [3.63, 3.8) is 0 Å². The summed E-state index contributed by atoms with van der Waals surface area (Å²) >= 11 is 0. The molecule has 3 aromatic rings. The Hall–Kier alpha value is -3.70. The van der Waals surface area contributed by atoms with Gasteiger partial charge in [-0.2, -0.15) is 0 Å². The van der Waals surface area contributed by atoms with Crippen LogP contribution in [0.1, 0.15) is 32.0 Å². The van der Waals surface area contributed by atoms with E-state index < -0.39 is 38.6 Å². The summed E-state index contributed by atoms with van der Waals surface area (Å²) in [6, 6.07) is 15.6. The van der Waals surface area contributed by atoms with Crippen LogP contribution in [-0.4, -0.2) is 60.0 Å². The molecule has 38 heavy (non-hydrogen) atoms. The van der Waals surface area contributed by atoms with Gasteiger partial charge in [0.1, 0.15) is 23.4 Å². The first-order chi connectivity index (χ1) is 17.8. The molecule has 2 heterocycles. The number of hydrogen-bond acceptors (Lipinski definition) is 8. The highest BCUT2D eigenvalue weighted by molar-refractivity contribution is 7.91. The number of carbonyl (C=O) groups excluding carboxylic acids is 2. The van der Waals surface area contributed by atoms with E-state index in [1.807, 2.05) is 37.3 Å². The molecule has 4 rings (SSSR count). The van der Waals surface area contributed by atoms with E-state index >= 15 is 0 Å². The molecule has 1 fully saturated rings. The maximum absolute atomic E-state index is 13.2. The average molecular weight is 542 g/mol. The van der Waals surface area contributed by atoms with Gasteiger partial charge in [0.05, 0.1) is 16.2 Å². The molecule has 2 aromatic carbocycles. The second kappa shape index (κ2) is 10.2. The van der Waals surface area contributed by atoms with E-state index in [4.69, 9.17) is 9.47 Å². The number of para-hydroxylation sites is 1. The summed E-state index contributed by atoms with van der Waals surface area (Å²) in [5, 5.41) is 10.2. The lowest BCUT2D eigenvalue weighted by molar-refractivity contribution is -0.147. The monoisotopic (exact) mass is 541 g/mol. The van der Waals surface area contributed by atoms with Crippen molar-refractivity contribution in [2.45, 2.75) is 44.8 Å². The van der Waals surface area contributed by atoms with E-state index in [9.17, 15) is 23.2 Å². The van der Waals surface area contributed by atoms with Gasteiger partial charge in [-0.25, -0.2) is 18.7 Å². The molecular weight excluding hydrogens is 510 g/mol. The Morgan fingerprint density at radius 2 is 1.76 bits per heavy atom. The van der Waals surface area contributed by atoms with Crippen molar-refractivity contribution < 1.29 is 32.7 Å². The maximum Gasteiger partial charge on any atom is 0.410 e. The van der Waals surface area contributed by atoms with Crippen molar-refractivity contribution in [2.75, 3.05) is 18.8 Å². The maximum atomic E-state index is 13.2. The summed E-state index contributed by atoms with van der Waals surface area (Å²) in [6.45, 7) is 6.90. The number of fused-ring (bicyclic) bond motifs is 1. The number of hydrogen-bond donors (Lipinski definition) is 2. The van der Waals surface area contributed by atoms with Crippen molar-refractivity contribution in [1.82, 2.24) is 15.4 Å². The van der Waals surface area contributed by atoms with Gasteiger partial charge in [0.2, 0.25) is 0 Å². The Bertz CT molecular complexity index is 1460. The molecular formula is C27H31N3O7S. The molecule has 2 N–H and O–H groups in total. The summed E-state index contributed by atoms with van der Waals surface area (Å²) in [7, 11) is -3.95. The number of rotatable bonds is 7. The molecule has 0 aliphatic carbocycles. The number of carbonyl (C=O) groups is 2. The smallest absolute Gasteiger partial charge is 0.410 e. The van der Waals surface area contributed by atoms with Crippen LogP contribution >= 0.6 is 0 Å². The molecule has 1 aliphatic rings. The molecule has 11 heteroatoms. The third-order valence-corrected chi connectivity index (χ3v) is 8.12. The minimum atomic E-state index is -3.95. The number of ether oxygens (including phenoxy) is 2. The van der Waals surface area contributed by atoms with Crippen molar-refractivity contribution >= 4 is 32.7 Å². The predicted octanol–water partition coefficient (Wildman–Crippen LogP) is 3.64. The number of nitrogens with one attached hydrogen (secondary N) is 1. The zero-order valence-electron chi connectivity index (χ0n) is 21.7. The van der Waals surface area contributed by atoms with E-state index in [0.717, 1.165) is 22.2 Å². The van der Waals surface area contributed by atoms with E-state index in [1.165, 1.54) is 17.0 Å². The fourth-order valence-corrected chi connectivity index (χ4v) is 6.18. The summed E-state index contributed by atoms with van der Waals surface area (Å²) in [4.78, 5) is 30.5. The Kier molecular flexibility index (Phi) is 7.35. The average Bonchev–Trinajstić information content (AvgIpc) is 2.83. The fourth-order valence-electron chi connectivity index (χ4n) is 4.42. The topological polar surface area (TPSA) is 135 Å². The van der Waals surface area contributed by atoms with Gasteiger partial charge in [0, 0.05) is 29.7 Å². The number of sulfone groups is 1. The van der Waals surface area contributed by atoms with Crippen molar-refractivity contribution in [3.8, 4) is 5.75 Å². The van der Waals surface area contributed by atoms with Gasteiger partial charge in [0.25, 0.3) is 5.91 Å². The third-order valence-electron chi connectivity index (χ3n) is 6.20. The highest BCUT2D eigenvalue weighted by Gasteiger charge is 2.54. The molecule has 10 nitrogen and oxygen atoms in total. The van der Waals surface area contributed by atoms with E-state index in [0.29, 0.717) is 5.75 Å². The number of pyridine rings is 1. The predicted molar refractivity (Wildman–Crippen MR) is 139 cm³/mol. The quantitative estimate of drug-likeness (QED) is 0.342. The second-order valence-corrected chi connectivity index (χ2v) is 12.5. The Balaban J connectivity index is 1.45. The summed E-state index contributed by atoms with van der Waals surface area (Å²) in [6.07, 6.45) is -0.657. The summed E-state index contributed by atoms with van der Waals surface area (Å²) in [5.74, 6) is -0.987. The lowest BCUT2D eigenvalue weighted by Crippen LogP contribution is -2.67. The number of amides is 2. The SMILES string of the molecule is Cc1cc(COc2ccc(S(=O)(=O)CC3(C(=O)NO)CN(C(=O)OC(C)(C)C)C3)cc2)c2ccccc2n1. The minimum absolute atomic E-state index is 0.00381. The molecule has 1 aromatic heterocycles. The Morgan fingerprint density at radius 3 is 2.39 bits per heavy atom. The molecule has 0 unspecified atom stereocenters. The molecule has 0 atom stereocenters. The van der Waals surface area contributed by atoms with Crippen molar-refractivity contribution in [2.24, 2.45) is 5.41 Å². The summed E-state index contributed by atoms with van der Waals surface area (Å²) < 4.78 is 37.6. The van der Waals surface area contributed by atoms with Crippen LogP contribution in [0.4, 0.5) is 4.79 Å². The van der Waals surface area contributed by atoms with Gasteiger partial charge in [-0.3, -0.25) is 15.0 Å². The first kappa shape index (κ1) is 27.3. The van der Waals surface area contributed by atoms with Gasteiger partial charge in [0.15, 0.2) is 9.84 Å². The van der Waals surface area contributed by atoms with E-state index in [-0.39, 0.29) is 24.6 Å². The number of aryl methyl sites for hydroxylation is 1. The standard InChI is InChI=1S/C27H31N3O7S/c1-18-13-19(22-7-5-6-8-23(22)28-18)14-36-20-9-11-21(12-10-20)38(34,35)17-27(24(31)29-33)15-30(16-27)25(32)37-26(2,3)4/h5-13,33H,14-17H2,1-4H3,(H,29,31). The van der Waals surface area contributed by atoms with Crippen LogP contribution in [0.15, 0.2) is 59.5 Å². The number of likely N-dealkylation sites (tertiary alicyclic amines) is 1. The van der Waals surface area contributed by atoms with Crippen LogP contribution < -0.4 is 10.2 Å². The summed E-state index contributed by atoms with van der Waals surface area (Å²) in [5.41, 5.74) is 1.99. The number of benzene rings is 2.